The third kappa shape index (κ3) is 2.30. The molecule has 19 heavy (non-hydrogen) atoms. The van der Waals surface area contributed by atoms with Crippen LogP contribution in [0.15, 0.2) is 12.5 Å². The summed E-state index contributed by atoms with van der Waals surface area (Å²) in [7, 11) is 3.34. The Morgan fingerprint density at radius 3 is 2.84 bits per heavy atom. The molecule has 106 valence electrons. The molecule has 5 nitrogen and oxygen atoms in total. The van der Waals surface area contributed by atoms with Crippen LogP contribution < -0.4 is 5.32 Å². The van der Waals surface area contributed by atoms with E-state index in [2.05, 4.69) is 14.9 Å². The molecule has 2 heterocycles. The van der Waals surface area contributed by atoms with Gasteiger partial charge in [0.1, 0.15) is 0 Å². The number of hydrogen-bond donors (Lipinski definition) is 1. The summed E-state index contributed by atoms with van der Waals surface area (Å²) >= 11 is 0. The molecule has 2 fully saturated rings. The van der Waals surface area contributed by atoms with Gasteiger partial charge in [0, 0.05) is 25.8 Å². The van der Waals surface area contributed by atoms with E-state index < -0.39 is 0 Å². The van der Waals surface area contributed by atoms with Gasteiger partial charge in [0.25, 0.3) is 0 Å². The van der Waals surface area contributed by atoms with Gasteiger partial charge in [-0.1, -0.05) is 0 Å². The van der Waals surface area contributed by atoms with Gasteiger partial charge in [-0.2, -0.15) is 0 Å². The van der Waals surface area contributed by atoms with Crippen LogP contribution in [0.2, 0.25) is 0 Å². The van der Waals surface area contributed by atoms with E-state index >= 15 is 0 Å². The van der Waals surface area contributed by atoms with Crippen molar-refractivity contribution in [1.82, 2.24) is 14.9 Å². The predicted molar refractivity (Wildman–Crippen MR) is 71.8 cm³/mol. The summed E-state index contributed by atoms with van der Waals surface area (Å²) < 4.78 is 13.0. The minimum absolute atomic E-state index is 0.324. The summed E-state index contributed by atoms with van der Waals surface area (Å²) in [5.41, 5.74) is 1.41. The lowest BCUT2D eigenvalue weighted by molar-refractivity contribution is -0.111. The lowest BCUT2D eigenvalue weighted by Crippen LogP contribution is -2.55. The number of aromatic nitrogens is 2. The smallest absolute Gasteiger partial charge is 0.200 e. The van der Waals surface area contributed by atoms with E-state index in [1.54, 1.807) is 14.2 Å². The Balaban J connectivity index is 1.80. The van der Waals surface area contributed by atoms with Crippen molar-refractivity contribution in [2.75, 3.05) is 20.8 Å². The zero-order valence-electron chi connectivity index (χ0n) is 11.8. The monoisotopic (exact) mass is 265 g/mol. The molecule has 1 saturated heterocycles. The summed E-state index contributed by atoms with van der Waals surface area (Å²) in [4.78, 5) is 4.29. The number of piperidine rings is 1. The van der Waals surface area contributed by atoms with Crippen molar-refractivity contribution in [3.05, 3.63) is 18.2 Å². The highest BCUT2D eigenvalue weighted by molar-refractivity contribution is 5.07. The average Bonchev–Trinajstić information content (AvgIpc) is 2.88. The molecule has 1 aromatic heterocycles. The van der Waals surface area contributed by atoms with Crippen LogP contribution in [-0.2, 0) is 9.47 Å². The number of ether oxygens (including phenoxy) is 2. The van der Waals surface area contributed by atoms with Gasteiger partial charge in [-0.25, -0.2) is 4.98 Å². The molecule has 1 aromatic rings. The zero-order valence-corrected chi connectivity index (χ0v) is 11.8. The van der Waals surface area contributed by atoms with Crippen molar-refractivity contribution in [3.8, 4) is 0 Å². The van der Waals surface area contributed by atoms with Crippen LogP contribution in [0.25, 0.3) is 0 Å². The summed E-state index contributed by atoms with van der Waals surface area (Å²) in [5.74, 6) is 0. The van der Waals surface area contributed by atoms with Crippen LogP contribution in [0.3, 0.4) is 0 Å². The van der Waals surface area contributed by atoms with Gasteiger partial charge in [-0.05, 0) is 38.6 Å². The maximum atomic E-state index is 5.37. The minimum atomic E-state index is -0.324. The van der Waals surface area contributed by atoms with Crippen molar-refractivity contribution in [1.29, 1.82) is 0 Å². The highest BCUT2D eigenvalue weighted by Gasteiger charge is 2.41. The lowest BCUT2D eigenvalue weighted by atomic mass is 9.70. The number of methoxy groups -OCH3 is 2. The number of rotatable bonds is 4. The quantitative estimate of drug-likeness (QED) is 0.846. The van der Waals surface area contributed by atoms with Crippen LogP contribution >= 0.6 is 0 Å². The highest BCUT2D eigenvalue weighted by Crippen LogP contribution is 2.42. The fraction of sp³-hybridized carbons (Fsp3) is 0.786. The molecular weight excluding hydrogens is 242 g/mol. The first-order valence-corrected chi connectivity index (χ1v) is 7.10. The van der Waals surface area contributed by atoms with Crippen LogP contribution in [0, 0.1) is 0 Å². The first-order chi connectivity index (χ1) is 9.28. The molecule has 1 aliphatic heterocycles. The van der Waals surface area contributed by atoms with E-state index in [4.69, 9.17) is 9.47 Å². The van der Waals surface area contributed by atoms with Crippen molar-refractivity contribution in [2.45, 2.75) is 50.0 Å². The Morgan fingerprint density at radius 2 is 2.21 bits per heavy atom. The van der Waals surface area contributed by atoms with Crippen LogP contribution in [0.5, 0.6) is 0 Å². The molecule has 1 unspecified atom stereocenters. The molecular formula is C14H23N3O2. The number of hydrogen-bond acceptors (Lipinski definition) is 4. The van der Waals surface area contributed by atoms with Crippen LogP contribution in [0.1, 0.15) is 50.1 Å². The van der Waals surface area contributed by atoms with E-state index in [-0.39, 0.29) is 6.29 Å². The van der Waals surface area contributed by atoms with E-state index in [0.29, 0.717) is 11.6 Å². The lowest BCUT2D eigenvalue weighted by Gasteiger charge is -2.49. The van der Waals surface area contributed by atoms with Gasteiger partial charge in [-0.15, -0.1) is 0 Å². The SMILES string of the molecule is COC(OC)c1cncn1C1CCNC2(CCC2)C1. The molecule has 2 aliphatic rings. The largest absolute Gasteiger partial charge is 0.350 e. The van der Waals surface area contributed by atoms with Gasteiger partial charge in [-0.3, -0.25) is 0 Å². The molecule has 1 saturated carbocycles. The summed E-state index contributed by atoms with van der Waals surface area (Å²) in [5, 5.41) is 3.70. The molecule has 1 N–H and O–H groups in total. The molecule has 5 heteroatoms. The standard InChI is InChI=1S/C14H23N3O2/c1-18-13(19-2)12-9-15-10-17(12)11-4-7-16-14(8-11)5-3-6-14/h9-11,13,16H,3-8H2,1-2H3. The highest BCUT2D eigenvalue weighted by atomic mass is 16.7. The van der Waals surface area contributed by atoms with Crippen molar-refractivity contribution in [3.63, 3.8) is 0 Å². The number of nitrogens with zero attached hydrogens (tertiary/aromatic N) is 2. The maximum Gasteiger partial charge on any atom is 0.200 e. The van der Waals surface area contributed by atoms with E-state index in [1.165, 1.54) is 25.7 Å². The second-order valence-electron chi connectivity index (χ2n) is 5.74. The molecule has 0 aromatic carbocycles. The van der Waals surface area contributed by atoms with Crippen molar-refractivity contribution < 1.29 is 9.47 Å². The number of imidazole rings is 1. The maximum absolute atomic E-state index is 5.37. The second kappa shape index (κ2) is 5.23. The van der Waals surface area contributed by atoms with Gasteiger partial charge >= 0.3 is 0 Å². The topological polar surface area (TPSA) is 48.3 Å². The Hall–Kier alpha value is -0.910. The molecule has 0 bridgehead atoms. The van der Waals surface area contributed by atoms with E-state index in [9.17, 15) is 0 Å². The van der Waals surface area contributed by atoms with Crippen LogP contribution in [0.4, 0.5) is 0 Å². The fourth-order valence-electron chi connectivity index (χ4n) is 3.49. The van der Waals surface area contributed by atoms with Gasteiger partial charge in [0.2, 0.25) is 0 Å². The summed E-state index contributed by atoms with van der Waals surface area (Å²) in [6.07, 6.45) is 9.76. The predicted octanol–water partition coefficient (Wildman–Crippen LogP) is 2.02. The first-order valence-electron chi connectivity index (χ1n) is 7.10. The average molecular weight is 265 g/mol. The fourth-order valence-corrected chi connectivity index (χ4v) is 3.49. The minimum Gasteiger partial charge on any atom is -0.350 e. The third-order valence-corrected chi connectivity index (χ3v) is 4.67. The van der Waals surface area contributed by atoms with Crippen LogP contribution in [-0.4, -0.2) is 35.9 Å². The van der Waals surface area contributed by atoms with Gasteiger partial charge in [0.15, 0.2) is 6.29 Å². The molecule has 3 rings (SSSR count). The zero-order chi connectivity index (χ0) is 13.3. The molecule has 0 amide bonds. The van der Waals surface area contributed by atoms with Gasteiger partial charge in [0.05, 0.1) is 18.2 Å². The Labute approximate surface area is 114 Å². The van der Waals surface area contributed by atoms with E-state index in [0.717, 1.165) is 18.7 Å². The molecule has 1 spiro atoms. The number of nitrogens with one attached hydrogen (secondary N) is 1. The molecule has 0 radical (unpaired) electrons. The molecule has 1 aliphatic carbocycles. The Morgan fingerprint density at radius 1 is 1.42 bits per heavy atom. The Kier molecular flexibility index (Phi) is 3.60. The van der Waals surface area contributed by atoms with Gasteiger partial charge < -0.3 is 19.4 Å². The summed E-state index contributed by atoms with van der Waals surface area (Å²) in [6, 6.07) is 0.506. The normalized spacial score (nSPS) is 25.7. The third-order valence-electron chi connectivity index (χ3n) is 4.67. The van der Waals surface area contributed by atoms with Crippen molar-refractivity contribution in [2.24, 2.45) is 0 Å². The second-order valence-corrected chi connectivity index (χ2v) is 5.74. The first kappa shape index (κ1) is 13.1. The summed E-state index contributed by atoms with van der Waals surface area (Å²) in [6.45, 7) is 1.09. The molecule has 1 atom stereocenters. The van der Waals surface area contributed by atoms with Crippen molar-refractivity contribution >= 4 is 0 Å². The Bertz CT molecular complexity index is 424. The van der Waals surface area contributed by atoms with E-state index in [1.807, 2.05) is 12.5 Å².